The number of aromatic nitrogens is 2. The molecule has 35 heavy (non-hydrogen) atoms. The summed E-state index contributed by atoms with van der Waals surface area (Å²) >= 11 is 0. The molecule has 0 atom stereocenters. The van der Waals surface area contributed by atoms with E-state index in [0.717, 1.165) is 5.69 Å². The predicted molar refractivity (Wildman–Crippen MR) is 124 cm³/mol. The largest absolute Gasteiger partial charge is 0.494 e. The number of hydroxylamine groups is 1. The number of carbonyl (C=O) groups excluding carboxylic acids is 1. The lowest BCUT2D eigenvalue weighted by Gasteiger charge is -2.34. The third kappa shape index (κ3) is 5.45. The lowest BCUT2D eigenvalue weighted by molar-refractivity contribution is -0.134. The third-order valence-electron chi connectivity index (χ3n) is 5.76. The Morgan fingerprint density at radius 2 is 1.77 bits per heavy atom. The van der Waals surface area contributed by atoms with Crippen LogP contribution in [0.5, 0.6) is 5.75 Å². The van der Waals surface area contributed by atoms with Gasteiger partial charge in [0.05, 0.1) is 11.5 Å². The summed E-state index contributed by atoms with van der Waals surface area (Å²) in [6.45, 7) is 0.569. The van der Waals surface area contributed by atoms with Gasteiger partial charge in [-0.1, -0.05) is 23.3 Å². The molecule has 11 nitrogen and oxygen atoms in total. The smallest absolute Gasteiger partial charge is 0.320 e. The van der Waals surface area contributed by atoms with E-state index in [-0.39, 0.29) is 31.0 Å². The summed E-state index contributed by atoms with van der Waals surface area (Å²) in [5, 5.41) is 20.1. The normalized spacial score (nSPS) is 15.3. The molecule has 0 unspecified atom stereocenters. The fraction of sp³-hybridized carbons (Fsp3) is 0.348. The topological polar surface area (TPSA) is 153 Å². The van der Waals surface area contributed by atoms with Crippen LogP contribution in [0.3, 0.4) is 0 Å². The Morgan fingerprint density at radius 3 is 2.46 bits per heavy atom. The Balaban J connectivity index is 1.31. The summed E-state index contributed by atoms with van der Waals surface area (Å²) in [4.78, 5) is 12.3. The van der Waals surface area contributed by atoms with Crippen molar-refractivity contribution in [3.05, 3.63) is 60.5 Å². The van der Waals surface area contributed by atoms with Crippen LogP contribution in [0.4, 0.5) is 11.7 Å². The first kappa shape index (κ1) is 24.6. The molecule has 1 fully saturated rings. The van der Waals surface area contributed by atoms with Crippen LogP contribution in [0.2, 0.25) is 0 Å². The van der Waals surface area contributed by atoms with E-state index in [1.165, 1.54) is 29.7 Å². The second-order valence-corrected chi connectivity index (χ2v) is 10.2. The summed E-state index contributed by atoms with van der Waals surface area (Å²) in [5.41, 5.74) is 2.35. The molecule has 186 valence electrons. The van der Waals surface area contributed by atoms with Crippen LogP contribution in [0.25, 0.3) is 0 Å². The Labute approximate surface area is 202 Å². The zero-order valence-corrected chi connectivity index (χ0v) is 19.7. The number of sulfone groups is 1. The van der Waals surface area contributed by atoms with E-state index in [9.17, 15) is 13.2 Å². The standard InChI is InChI=1S/C23H26N4O7S/c28-21(27-29)23(12-15-32-16-13-23)35(30,31)19-10-8-18(9-11-19)33-14-4-7-20-25-26-22(34-20)24-17-5-2-1-3-6-17/h1-3,5-6,8-11,29H,4,7,12-16H2,(H,24,26)(H,27,28). The van der Waals surface area contributed by atoms with E-state index < -0.39 is 20.5 Å². The number of benzene rings is 2. The van der Waals surface area contributed by atoms with E-state index in [2.05, 4.69) is 15.5 Å². The van der Waals surface area contributed by atoms with Crippen molar-refractivity contribution >= 4 is 27.4 Å². The van der Waals surface area contributed by atoms with Gasteiger partial charge >= 0.3 is 6.01 Å². The van der Waals surface area contributed by atoms with Crippen LogP contribution in [0.15, 0.2) is 63.9 Å². The number of anilines is 2. The van der Waals surface area contributed by atoms with Crippen molar-refractivity contribution in [3.8, 4) is 5.75 Å². The minimum Gasteiger partial charge on any atom is -0.494 e. The average Bonchev–Trinajstić information content (AvgIpc) is 3.34. The van der Waals surface area contributed by atoms with Crippen molar-refractivity contribution < 1.29 is 32.3 Å². The van der Waals surface area contributed by atoms with Gasteiger partial charge in [0.1, 0.15) is 5.75 Å². The van der Waals surface area contributed by atoms with Crippen LogP contribution in [0.1, 0.15) is 25.2 Å². The van der Waals surface area contributed by atoms with Gasteiger partial charge in [0.25, 0.3) is 5.91 Å². The lowest BCUT2D eigenvalue weighted by Crippen LogP contribution is -2.54. The number of nitrogens with one attached hydrogen (secondary N) is 2. The van der Waals surface area contributed by atoms with Gasteiger partial charge in [0.15, 0.2) is 14.6 Å². The summed E-state index contributed by atoms with van der Waals surface area (Å²) in [7, 11) is -4.07. The molecule has 1 aliphatic heterocycles. The maximum atomic E-state index is 13.3. The molecule has 1 amide bonds. The zero-order chi connectivity index (χ0) is 24.7. The molecule has 0 spiro atoms. The maximum Gasteiger partial charge on any atom is 0.320 e. The molecule has 3 N–H and O–H groups in total. The fourth-order valence-corrected chi connectivity index (χ4v) is 5.76. The summed E-state index contributed by atoms with van der Waals surface area (Å²) in [6, 6.07) is 15.6. The minimum atomic E-state index is -4.07. The molecular formula is C23H26N4O7S. The monoisotopic (exact) mass is 502 g/mol. The molecule has 1 aromatic heterocycles. The van der Waals surface area contributed by atoms with Crippen LogP contribution < -0.4 is 15.5 Å². The van der Waals surface area contributed by atoms with Crippen molar-refractivity contribution in [3.63, 3.8) is 0 Å². The van der Waals surface area contributed by atoms with Crippen LogP contribution in [-0.4, -0.2) is 54.3 Å². The third-order valence-corrected chi connectivity index (χ3v) is 8.28. The molecule has 2 aromatic carbocycles. The number of ether oxygens (including phenoxy) is 2. The molecule has 4 rings (SSSR count). The van der Waals surface area contributed by atoms with Crippen molar-refractivity contribution in [1.82, 2.24) is 15.7 Å². The SMILES string of the molecule is O=C(NO)C1(S(=O)(=O)c2ccc(OCCCc3nnc(Nc4ccccc4)o3)cc2)CCOCC1. The summed E-state index contributed by atoms with van der Waals surface area (Å²) in [5.74, 6) is -0.00443. The number of hydrogen-bond donors (Lipinski definition) is 3. The van der Waals surface area contributed by atoms with Crippen molar-refractivity contribution in [2.45, 2.75) is 35.3 Å². The predicted octanol–water partition coefficient (Wildman–Crippen LogP) is 2.65. The number of nitrogens with zero attached hydrogens (tertiary/aromatic N) is 2. The van der Waals surface area contributed by atoms with Gasteiger partial charge in [-0.05, 0) is 55.7 Å². The number of aryl methyl sites for hydroxylation is 1. The highest BCUT2D eigenvalue weighted by Gasteiger charge is 2.52. The Hall–Kier alpha value is -3.48. The van der Waals surface area contributed by atoms with Gasteiger partial charge in [0.2, 0.25) is 5.89 Å². The molecule has 1 saturated heterocycles. The first-order valence-corrected chi connectivity index (χ1v) is 12.6. The fourth-order valence-electron chi connectivity index (χ4n) is 3.82. The second kappa shape index (κ2) is 10.8. The number of hydrogen-bond acceptors (Lipinski definition) is 10. The van der Waals surface area contributed by atoms with Gasteiger partial charge in [-0.25, -0.2) is 13.9 Å². The lowest BCUT2D eigenvalue weighted by atomic mass is 9.98. The summed E-state index contributed by atoms with van der Waals surface area (Å²) in [6.07, 6.45) is 1.03. The quantitative estimate of drug-likeness (QED) is 0.214. The number of amides is 1. The molecule has 1 aliphatic rings. The van der Waals surface area contributed by atoms with E-state index in [1.54, 1.807) is 0 Å². The van der Waals surface area contributed by atoms with Gasteiger partial charge in [-0.15, -0.1) is 5.10 Å². The maximum absolute atomic E-state index is 13.3. The molecular weight excluding hydrogens is 476 g/mol. The van der Waals surface area contributed by atoms with Crippen molar-refractivity contribution in [2.24, 2.45) is 0 Å². The molecule has 0 radical (unpaired) electrons. The van der Waals surface area contributed by atoms with Crippen molar-refractivity contribution in [2.75, 3.05) is 25.1 Å². The minimum absolute atomic E-state index is 0.0281. The van der Waals surface area contributed by atoms with Crippen LogP contribution in [0, 0.1) is 0 Å². The average molecular weight is 503 g/mol. The van der Waals surface area contributed by atoms with E-state index in [4.69, 9.17) is 19.1 Å². The van der Waals surface area contributed by atoms with Gasteiger partial charge in [-0.2, -0.15) is 0 Å². The highest BCUT2D eigenvalue weighted by atomic mass is 32.2. The molecule has 12 heteroatoms. The molecule has 3 aromatic rings. The molecule has 0 aliphatic carbocycles. The summed E-state index contributed by atoms with van der Waals surface area (Å²) < 4.78 is 41.2. The van der Waals surface area contributed by atoms with E-state index >= 15 is 0 Å². The van der Waals surface area contributed by atoms with Crippen molar-refractivity contribution in [1.29, 1.82) is 0 Å². The highest BCUT2D eigenvalue weighted by Crippen LogP contribution is 2.35. The number of carbonyl (C=O) groups is 1. The zero-order valence-electron chi connectivity index (χ0n) is 18.8. The Morgan fingerprint density at radius 1 is 1.06 bits per heavy atom. The highest BCUT2D eigenvalue weighted by molar-refractivity contribution is 7.93. The van der Waals surface area contributed by atoms with Gasteiger partial charge < -0.3 is 19.2 Å². The Bertz CT molecular complexity index is 1220. The molecule has 2 heterocycles. The first-order valence-electron chi connectivity index (χ1n) is 11.1. The van der Waals surface area contributed by atoms with Gasteiger partial charge in [0, 0.05) is 25.3 Å². The number of para-hydroxylation sites is 1. The second-order valence-electron chi connectivity index (χ2n) is 7.97. The molecule has 0 saturated carbocycles. The van der Waals surface area contributed by atoms with Gasteiger partial charge in [-0.3, -0.25) is 10.0 Å². The van der Waals surface area contributed by atoms with Crippen LogP contribution in [-0.2, 0) is 25.8 Å². The number of rotatable bonds is 10. The first-order chi connectivity index (χ1) is 16.9. The molecule has 0 bridgehead atoms. The Kier molecular flexibility index (Phi) is 7.63. The van der Waals surface area contributed by atoms with Crippen LogP contribution >= 0.6 is 0 Å². The van der Waals surface area contributed by atoms with E-state index in [0.29, 0.717) is 37.1 Å². The van der Waals surface area contributed by atoms with E-state index in [1.807, 2.05) is 30.3 Å².